The maximum absolute atomic E-state index is 12.3. The molecule has 3 rings (SSSR count). The van der Waals surface area contributed by atoms with Crippen LogP contribution in [0.3, 0.4) is 0 Å². The van der Waals surface area contributed by atoms with E-state index in [9.17, 15) is 9.59 Å². The first-order chi connectivity index (χ1) is 14.3. The molecule has 2 amide bonds. The molecule has 0 spiro atoms. The van der Waals surface area contributed by atoms with Gasteiger partial charge in [-0.25, -0.2) is 4.98 Å². The number of nitrogens with zero attached hydrogens (tertiary/aromatic N) is 1. The van der Waals surface area contributed by atoms with Crippen LogP contribution in [0.4, 0.5) is 0 Å². The Labute approximate surface area is 184 Å². The molecule has 1 unspecified atom stereocenters. The molecule has 0 aliphatic heterocycles. The Balaban J connectivity index is 1.49. The molecular weight excluding hydrogens is 425 g/mol. The monoisotopic (exact) mass is 445 g/mol. The maximum atomic E-state index is 12.3. The van der Waals surface area contributed by atoms with E-state index >= 15 is 0 Å². The van der Waals surface area contributed by atoms with E-state index in [1.807, 2.05) is 31.2 Å². The Morgan fingerprint density at radius 1 is 1.13 bits per heavy atom. The third-order valence-corrected chi connectivity index (χ3v) is 5.29. The third-order valence-electron chi connectivity index (χ3n) is 4.47. The number of benzene rings is 2. The van der Waals surface area contributed by atoms with Crippen LogP contribution in [0, 0.1) is 6.92 Å². The second kappa shape index (κ2) is 9.78. The topological polar surface area (TPSA) is 84.2 Å². The second-order valence-electron chi connectivity index (χ2n) is 6.85. The van der Waals surface area contributed by atoms with Crippen molar-refractivity contribution in [1.29, 1.82) is 0 Å². The van der Waals surface area contributed by atoms with Crippen molar-refractivity contribution in [2.75, 3.05) is 6.54 Å². The number of aromatic nitrogens is 1. The fourth-order valence-electron chi connectivity index (χ4n) is 2.74. The predicted molar refractivity (Wildman–Crippen MR) is 117 cm³/mol. The average Bonchev–Trinajstić information content (AvgIpc) is 3.19. The standard InChI is InChI=1S/C22H21Cl2N3O3/c1-13-6-8-15(9-7-13)22-27-16(12-30-22)10-11-25-20(28)14(2)26-21(29)17-4-3-5-18(23)19(17)24/h3-9,12,14H,10-11H2,1-2H3,(H,25,28)(H,26,29). The van der Waals surface area contributed by atoms with Crippen molar-refractivity contribution in [2.24, 2.45) is 0 Å². The number of oxazole rings is 1. The van der Waals surface area contributed by atoms with Crippen LogP contribution in [0.15, 0.2) is 53.1 Å². The molecule has 2 aromatic carbocycles. The number of carbonyl (C=O) groups is 2. The zero-order valence-electron chi connectivity index (χ0n) is 16.5. The summed E-state index contributed by atoms with van der Waals surface area (Å²) in [4.78, 5) is 29.1. The molecule has 2 N–H and O–H groups in total. The zero-order chi connectivity index (χ0) is 21.7. The van der Waals surface area contributed by atoms with Gasteiger partial charge in [0.2, 0.25) is 11.8 Å². The van der Waals surface area contributed by atoms with Gasteiger partial charge in [0.15, 0.2) is 0 Å². The van der Waals surface area contributed by atoms with Crippen molar-refractivity contribution >= 4 is 35.0 Å². The molecule has 0 aliphatic carbocycles. The highest BCUT2D eigenvalue weighted by atomic mass is 35.5. The Hall–Kier alpha value is -2.83. The summed E-state index contributed by atoms with van der Waals surface area (Å²) in [6.07, 6.45) is 2.08. The smallest absolute Gasteiger partial charge is 0.253 e. The largest absolute Gasteiger partial charge is 0.444 e. The van der Waals surface area contributed by atoms with Gasteiger partial charge in [-0.05, 0) is 38.1 Å². The van der Waals surface area contributed by atoms with Crippen LogP contribution in [0.5, 0.6) is 0 Å². The summed E-state index contributed by atoms with van der Waals surface area (Å²) >= 11 is 12.0. The van der Waals surface area contributed by atoms with Crippen molar-refractivity contribution in [3.63, 3.8) is 0 Å². The number of carbonyl (C=O) groups excluding carboxylic acids is 2. The van der Waals surface area contributed by atoms with Gasteiger partial charge in [-0.15, -0.1) is 0 Å². The van der Waals surface area contributed by atoms with Crippen molar-refractivity contribution in [2.45, 2.75) is 26.3 Å². The number of halogens is 2. The van der Waals surface area contributed by atoms with Crippen LogP contribution in [-0.2, 0) is 11.2 Å². The van der Waals surface area contributed by atoms with Crippen LogP contribution in [0.1, 0.15) is 28.5 Å². The number of amides is 2. The Morgan fingerprint density at radius 3 is 2.60 bits per heavy atom. The lowest BCUT2D eigenvalue weighted by Crippen LogP contribution is -2.45. The van der Waals surface area contributed by atoms with E-state index in [1.54, 1.807) is 31.4 Å². The van der Waals surface area contributed by atoms with Gasteiger partial charge in [0.05, 0.1) is 21.3 Å². The van der Waals surface area contributed by atoms with E-state index in [-0.39, 0.29) is 21.5 Å². The molecule has 0 radical (unpaired) electrons. The van der Waals surface area contributed by atoms with Gasteiger partial charge < -0.3 is 15.1 Å². The molecule has 156 valence electrons. The summed E-state index contributed by atoms with van der Waals surface area (Å²) in [5, 5.41) is 5.82. The molecule has 0 saturated carbocycles. The lowest BCUT2D eigenvalue weighted by Gasteiger charge is -2.14. The van der Waals surface area contributed by atoms with E-state index in [0.717, 1.165) is 16.8 Å². The Morgan fingerprint density at radius 2 is 1.87 bits per heavy atom. The SMILES string of the molecule is Cc1ccc(-c2nc(CCNC(=O)C(C)NC(=O)c3cccc(Cl)c3Cl)co2)cc1. The highest BCUT2D eigenvalue weighted by molar-refractivity contribution is 6.43. The average molecular weight is 446 g/mol. The minimum absolute atomic E-state index is 0.152. The van der Waals surface area contributed by atoms with Gasteiger partial charge in [0.25, 0.3) is 5.91 Å². The molecule has 3 aromatic rings. The van der Waals surface area contributed by atoms with Crippen LogP contribution in [-0.4, -0.2) is 29.4 Å². The number of aryl methyl sites for hydroxylation is 1. The van der Waals surface area contributed by atoms with E-state index in [0.29, 0.717) is 18.9 Å². The van der Waals surface area contributed by atoms with E-state index in [1.165, 1.54) is 0 Å². The molecule has 1 atom stereocenters. The fourth-order valence-corrected chi connectivity index (χ4v) is 3.12. The fraction of sp³-hybridized carbons (Fsp3) is 0.227. The van der Waals surface area contributed by atoms with Gasteiger partial charge in [-0.1, -0.05) is 47.0 Å². The lowest BCUT2D eigenvalue weighted by atomic mass is 10.1. The maximum Gasteiger partial charge on any atom is 0.253 e. The van der Waals surface area contributed by atoms with Crippen molar-refractivity contribution in [3.8, 4) is 11.5 Å². The highest BCUT2D eigenvalue weighted by Gasteiger charge is 2.19. The molecule has 8 heteroatoms. The molecule has 0 aliphatic rings. The molecule has 1 aromatic heterocycles. The molecule has 1 heterocycles. The number of hydrogen-bond donors (Lipinski definition) is 2. The van der Waals surface area contributed by atoms with E-state index in [2.05, 4.69) is 15.6 Å². The summed E-state index contributed by atoms with van der Waals surface area (Å²) in [7, 11) is 0. The van der Waals surface area contributed by atoms with E-state index in [4.69, 9.17) is 27.6 Å². The first-order valence-electron chi connectivity index (χ1n) is 9.39. The zero-order valence-corrected chi connectivity index (χ0v) is 18.1. The molecular formula is C22H21Cl2N3O3. The molecule has 0 bridgehead atoms. The van der Waals surface area contributed by atoms with Crippen molar-refractivity contribution in [1.82, 2.24) is 15.6 Å². The number of nitrogens with one attached hydrogen (secondary N) is 2. The third kappa shape index (κ3) is 5.40. The van der Waals surface area contributed by atoms with Gasteiger partial charge in [0.1, 0.15) is 12.3 Å². The van der Waals surface area contributed by atoms with Crippen molar-refractivity contribution in [3.05, 3.63) is 75.6 Å². The first-order valence-corrected chi connectivity index (χ1v) is 10.1. The van der Waals surface area contributed by atoms with Crippen LogP contribution in [0.2, 0.25) is 10.0 Å². The van der Waals surface area contributed by atoms with Gasteiger partial charge >= 0.3 is 0 Å². The van der Waals surface area contributed by atoms with Gasteiger partial charge in [-0.2, -0.15) is 0 Å². The Kier molecular flexibility index (Phi) is 7.13. The first kappa shape index (κ1) is 21.9. The van der Waals surface area contributed by atoms with Crippen LogP contribution in [0.25, 0.3) is 11.5 Å². The minimum atomic E-state index is -0.743. The van der Waals surface area contributed by atoms with Crippen molar-refractivity contribution < 1.29 is 14.0 Å². The Bertz CT molecular complexity index is 1050. The minimum Gasteiger partial charge on any atom is -0.444 e. The molecule has 0 fully saturated rings. The normalized spacial score (nSPS) is 11.7. The summed E-state index contributed by atoms with van der Waals surface area (Å²) < 4.78 is 5.51. The number of rotatable bonds is 7. The van der Waals surface area contributed by atoms with Crippen LogP contribution < -0.4 is 10.6 Å². The van der Waals surface area contributed by atoms with Gasteiger partial charge in [0, 0.05) is 18.5 Å². The van der Waals surface area contributed by atoms with Gasteiger partial charge in [-0.3, -0.25) is 9.59 Å². The van der Waals surface area contributed by atoms with E-state index < -0.39 is 11.9 Å². The summed E-state index contributed by atoms with van der Waals surface area (Å²) in [6, 6.07) is 11.9. The van der Waals surface area contributed by atoms with Crippen LogP contribution >= 0.6 is 23.2 Å². The molecule has 30 heavy (non-hydrogen) atoms. The molecule has 0 saturated heterocycles. The highest BCUT2D eigenvalue weighted by Crippen LogP contribution is 2.25. The summed E-state index contributed by atoms with van der Waals surface area (Å²) in [6.45, 7) is 3.97. The lowest BCUT2D eigenvalue weighted by molar-refractivity contribution is -0.122. The quantitative estimate of drug-likeness (QED) is 0.562. The molecule has 6 nitrogen and oxygen atoms in total. The summed E-state index contributed by atoms with van der Waals surface area (Å²) in [5.74, 6) is -0.247. The predicted octanol–water partition coefficient (Wildman–Crippen LogP) is 4.43. The second-order valence-corrected chi connectivity index (χ2v) is 7.63. The summed E-state index contributed by atoms with van der Waals surface area (Å²) in [5.41, 5.74) is 3.00. The number of hydrogen-bond acceptors (Lipinski definition) is 4.